The second-order valence-electron chi connectivity index (χ2n) is 10.2. The summed E-state index contributed by atoms with van der Waals surface area (Å²) in [5, 5.41) is 5.74. The van der Waals surface area contributed by atoms with Crippen molar-refractivity contribution >= 4 is 27.9 Å². The Labute approximate surface area is 237 Å². The van der Waals surface area contributed by atoms with E-state index < -0.39 is 0 Å². The zero-order valence-corrected chi connectivity index (χ0v) is 22.2. The van der Waals surface area contributed by atoms with E-state index in [2.05, 4.69) is 99.8 Å². The van der Waals surface area contributed by atoms with E-state index in [1.807, 2.05) is 48.8 Å². The first-order chi connectivity index (χ1) is 20.3. The summed E-state index contributed by atoms with van der Waals surface area (Å²) in [6, 6.07) is 39.7. The number of nitrogens with one attached hydrogen (secondary N) is 1. The molecule has 5 nitrogen and oxygen atoms in total. The number of nitrogens with zero attached hydrogens (tertiary/aromatic N) is 4. The number of hydrogen-bond acceptors (Lipinski definition) is 4. The third-order valence-corrected chi connectivity index (χ3v) is 7.74. The van der Waals surface area contributed by atoms with Gasteiger partial charge in [-0.1, -0.05) is 66.7 Å². The second-order valence-corrected chi connectivity index (χ2v) is 10.2. The molecule has 7 aromatic rings. The predicted octanol–water partition coefficient (Wildman–Crippen LogP) is 8.04. The first kappa shape index (κ1) is 23.3. The summed E-state index contributed by atoms with van der Waals surface area (Å²) in [5.74, 6) is 0. The number of pyridine rings is 3. The quantitative estimate of drug-likeness (QED) is 0.252. The lowest BCUT2D eigenvalue weighted by molar-refractivity contribution is 0.803. The molecule has 1 N–H and O–H groups in total. The minimum Gasteiger partial charge on any atom is -0.385 e. The average Bonchev–Trinajstić information content (AvgIpc) is 3.39. The van der Waals surface area contributed by atoms with Crippen LogP contribution < -0.4 is 5.32 Å². The molecule has 5 heteroatoms. The van der Waals surface area contributed by atoms with Crippen LogP contribution in [0.4, 0.5) is 0 Å². The standard InChI is InChI=1S/C36H25N5/c1-2-15-34-27(9-1)28-20-22-37-23-35(28)41(34)26-18-16-24(17-19-26)30-11-4-13-32(39-30)33-14-5-12-31(40-33)29-10-3-7-25-8-6-21-38-36(25)29/h1-22,37H,23H2. The fourth-order valence-electron chi connectivity index (χ4n) is 5.83. The summed E-state index contributed by atoms with van der Waals surface area (Å²) in [4.78, 5) is 14.6. The molecule has 0 aliphatic carbocycles. The van der Waals surface area contributed by atoms with Gasteiger partial charge in [0.05, 0.1) is 46.0 Å². The van der Waals surface area contributed by atoms with Crippen LogP contribution in [-0.2, 0) is 6.54 Å². The molecule has 4 aromatic heterocycles. The largest absolute Gasteiger partial charge is 0.385 e. The summed E-state index contributed by atoms with van der Waals surface area (Å²) >= 11 is 0. The molecule has 1 aliphatic heterocycles. The Morgan fingerprint density at radius 2 is 1.37 bits per heavy atom. The third kappa shape index (κ3) is 3.98. The molecule has 0 spiro atoms. The van der Waals surface area contributed by atoms with Gasteiger partial charge < -0.3 is 9.88 Å². The van der Waals surface area contributed by atoms with Gasteiger partial charge in [0.2, 0.25) is 0 Å². The molecule has 194 valence electrons. The van der Waals surface area contributed by atoms with Gasteiger partial charge in [-0.25, -0.2) is 9.97 Å². The van der Waals surface area contributed by atoms with Gasteiger partial charge >= 0.3 is 0 Å². The van der Waals surface area contributed by atoms with Gasteiger partial charge in [0, 0.05) is 39.3 Å². The van der Waals surface area contributed by atoms with Gasteiger partial charge in [0.1, 0.15) is 0 Å². The van der Waals surface area contributed by atoms with E-state index in [0.717, 1.165) is 57.0 Å². The minimum absolute atomic E-state index is 0.798. The molecule has 8 rings (SSSR count). The first-order valence-electron chi connectivity index (χ1n) is 13.8. The monoisotopic (exact) mass is 527 g/mol. The molecule has 3 aromatic carbocycles. The second kappa shape index (κ2) is 9.57. The van der Waals surface area contributed by atoms with Gasteiger partial charge in [-0.2, -0.15) is 0 Å². The van der Waals surface area contributed by atoms with Crippen molar-refractivity contribution in [3.05, 3.63) is 139 Å². The summed E-state index contributed by atoms with van der Waals surface area (Å²) < 4.78 is 2.35. The Bertz CT molecular complexity index is 2100. The third-order valence-electron chi connectivity index (χ3n) is 7.74. The molecule has 0 saturated heterocycles. The minimum atomic E-state index is 0.798. The molecule has 0 unspecified atom stereocenters. The molecule has 1 aliphatic rings. The van der Waals surface area contributed by atoms with Crippen LogP contribution in [0.2, 0.25) is 0 Å². The van der Waals surface area contributed by atoms with Crippen molar-refractivity contribution in [1.82, 2.24) is 24.8 Å². The van der Waals surface area contributed by atoms with E-state index in [1.54, 1.807) is 0 Å². The Morgan fingerprint density at radius 3 is 2.24 bits per heavy atom. The van der Waals surface area contributed by atoms with Gasteiger partial charge in [-0.3, -0.25) is 4.98 Å². The fourth-order valence-corrected chi connectivity index (χ4v) is 5.83. The number of benzene rings is 3. The zero-order valence-electron chi connectivity index (χ0n) is 22.2. The highest BCUT2D eigenvalue weighted by Gasteiger charge is 2.18. The number of fused-ring (bicyclic) bond motifs is 4. The van der Waals surface area contributed by atoms with Gasteiger partial charge in [0.25, 0.3) is 0 Å². The number of aromatic nitrogens is 4. The van der Waals surface area contributed by atoms with Gasteiger partial charge in [0.15, 0.2) is 0 Å². The van der Waals surface area contributed by atoms with E-state index in [-0.39, 0.29) is 0 Å². The van der Waals surface area contributed by atoms with Crippen molar-refractivity contribution < 1.29 is 0 Å². The smallest absolute Gasteiger partial charge is 0.0893 e. The summed E-state index contributed by atoms with van der Waals surface area (Å²) in [6.45, 7) is 0.798. The zero-order chi connectivity index (χ0) is 27.2. The highest BCUT2D eigenvalue weighted by atomic mass is 15.0. The molecular formula is C36H25N5. The van der Waals surface area contributed by atoms with Crippen LogP contribution in [-0.4, -0.2) is 19.5 Å². The maximum Gasteiger partial charge on any atom is 0.0893 e. The van der Waals surface area contributed by atoms with Gasteiger partial charge in [-0.15, -0.1) is 0 Å². The molecule has 0 fully saturated rings. The van der Waals surface area contributed by atoms with Crippen molar-refractivity contribution in [2.75, 3.05) is 0 Å². The molecule has 0 amide bonds. The van der Waals surface area contributed by atoms with Crippen LogP contribution in [0.5, 0.6) is 0 Å². The average molecular weight is 528 g/mol. The molecule has 0 bridgehead atoms. The van der Waals surface area contributed by atoms with Crippen molar-refractivity contribution in [1.29, 1.82) is 0 Å². The van der Waals surface area contributed by atoms with Crippen molar-refractivity contribution in [2.45, 2.75) is 6.54 Å². The number of rotatable bonds is 4. The van der Waals surface area contributed by atoms with Crippen LogP contribution in [0.15, 0.2) is 128 Å². The summed E-state index contributed by atoms with van der Waals surface area (Å²) in [6.07, 6.45) is 6.03. The highest BCUT2D eigenvalue weighted by Crippen LogP contribution is 2.33. The highest BCUT2D eigenvalue weighted by molar-refractivity contribution is 5.94. The van der Waals surface area contributed by atoms with E-state index in [0.29, 0.717) is 0 Å². The lowest BCUT2D eigenvalue weighted by Crippen LogP contribution is -2.13. The first-order valence-corrected chi connectivity index (χ1v) is 13.8. The Kier molecular flexibility index (Phi) is 5.45. The lowest BCUT2D eigenvalue weighted by atomic mass is 10.1. The molecule has 41 heavy (non-hydrogen) atoms. The fraction of sp³-hybridized carbons (Fsp3) is 0.0278. The molecular weight excluding hydrogens is 502 g/mol. The van der Waals surface area contributed by atoms with Gasteiger partial charge in [-0.05, 0) is 60.8 Å². The normalized spacial score (nSPS) is 12.4. The predicted molar refractivity (Wildman–Crippen MR) is 166 cm³/mol. The lowest BCUT2D eigenvalue weighted by Gasteiger charge is -2.15. The van der Waals surface area contributed by atoms with Crippen LogP contribution in [0.25, 0.3) is 67.5 Å². The Hall–Kier alpha value is -5.55. The van der Waals surface area contributed by atoms with Crippen molar-refractivity contribution in [3.63, 3.8) is 0 Å². The van der Waals surface area contributed by atoms with Crippen LogP contribution in [0.3, 0.4) is 0 Å². The van der Waals surface area contributed by atoms with E-state index in [1.165, 1.54) is 22.2 Å². The van der Waals surface area contributed by atoms with Crippen LogP contribution in [0, 0.1) is 0 Å². The molecule has 0 saturated carbocycles. The topological polar surface area (TPSA) is 55.6 Å². The summed E-state index contributed by atoms with van der Waals surface area (Å²) in [5.41, 5.74) is 11.4. The van der Waals surface area contributed by atoms with Crippen molar-refractivity contribution in [2.24, 2.45) is 0 Å². The van der Waals surface area contributed by atoms with Crippen LogP contribution >= 0.6 is 0 Å². The van der Waals surface area contributed by atoms with Crippen LogP contribution in [0.1, 0.15) is 11.3 Å². The van der Waals surface area contributed by atoms with E-state index >= 15 is 0 Å². The van der Waals surface area contributed by atoms with E-state index in [4.69, 9.17) is 9.97 Å². The molecule has 5 heterocycles. The Morgan fingerprint density at radius 1 is 0.634 bits per heavy atom. The van der Waals surface area contributed by atoms with E-state index in [9.17, 15) is 0 Å². The summed E-state index contributed by atoms with van der Waals surface area (Å²) in [7, 11) is 0. The SMILES string of the molecule is C1=Cc2c(n(-c3ccc(-c4cccc(-c5cccc(-c6cccc7cccnc67)n5)n4)cc3)c3ccccc23)CN1. The number of hydrogen-bond donors (Lipinski definition) is 1. The Balaban J connectivity index is 1.15. The maximum absolute atomic E-state index is 5.02. The number of para-hydroxylation sites is 2. The molecule has 0 atom stereocenters. The molecule has 0 radical (unpaired) electrons. The maximum atomic E-state index is 5.02. The van der Waals surface area contributed by atoms with Crippen molar-refractivity contribution in [3.8, 4) is 39.6 Å².